The molecule has 0 fully saturated rings. The van der Waals surface area contributed by atoms with Crippen LogP contribution in [0.5, 0.6) is 17.2 Å². The molecule has 0 aliphatic heterocycles. The standard InChI is InChI=1S/C17H17N5O3S/c1-23-13-9-15(25-3)14(24-2)8-12(13)10-19-22-16(20-21-17(22)26)11-4-6-18-7-5-11/h4-10H,1-3H3,(H,21,26)/b19-10+. The zero-order valence-electron chi connectivity index (χ0n) is 14.5. The Kier molecular flexibility index (Phi) is 5.28. The van der Waals surface area contributed by atoms with Gasteiger partial charge in [-0.25, -0.2) is 5.10 Å². The van der Waals surface area contributed by atoms with E-state index in [-0.39, 0.29) is 0 Å². The van der Waals surface area contributed by atoms with E-state index in [1.54, 1.807) is 52.1 Å². The fraction of sp³-hybridized carbons (Fsp3) is 0.176. The lowest BCUT2D eigenvalue weighted by atomic mass is 10.2. The molecule has 0 amide bonds. The van der Waals surface area contributed by atoms with Crippen molar-refractivity contribution in [2.45, 2.75) is 0 Å². The predicted molar refractivity (Wildman–Crippen MR) is 99.7 cm³/mol. The first-order valence-electron chi connectivity index (χ1n) is 7.60. The van der Waals surface area contributed by atoms with E-state index < -0.39 is 0 Å². The molecule has 0 spiro atoms. The Labute approximate surface area is 155 Å². The average Bonchev–Trinajstić information content (AvgIpc) is 3.06. The van der Waals surface area contributed by atoms with Crippen molar-refractivity contribution in [3.63, 3.8) is 0 Å². The molecule has 0 bridgehead atoms. The van der Waals surface area contributed by atoms with Gasteiger partial charge in [-0.15, -0.1) is 0 Å². The monoisotopic (exact) mass is 371 g/mol. The van der Waals surface area contributed by atoms with Gasteiger partial charge < -0.3 is 14.2 Å². The molecule has 8 nitrogen and oxygen atoms in total. The maximum Gasteiger partial charge on any atom is 0.216 e. The average molecular weight is 371 g/mol. The van der Waals surface area contributed by atoms with Crippen LogP contribution in [-0.2, 0) is 0 Å². The fourth-order valence-corrected chi connectivity index (χ4v) is 2.54. The Morgan fingerprint density at radius 2 is 1.69 bits per heavy atom. The molecule has 0 aliphatic rings. The van der Waals surface area contributed by atoms with Gasteiger partial charge in [0.05, 0.1) is 27.5 Å². The third-order valence-electron chi connectivity index (χ3n) is 3.64. The molecule has 1 aromatic carbocycles. The van der Waals surface area contributed by atoms with Crippen molar-refractivity contribution >= 4 is 18.4 Å². The van der Waals surface area contributed by atoms with Crippen molar-refractivity contribution in [2.24, 2.45) is 5.10 Å². The lowest BCUT2D eigenvalue weighted by Gasteiger charge is -2.11. The Hall–Kier alpha value is -3.20. The quantitative estimate of drug-likeness (QED) is 0.530. The van der Waals surface area contributed by atoms with Crippen LogP contribution in [0.25, 0.3) is 11.4 Å². The number of hydrogen-bond acceptors (Lipinski definition) is 7. The van der Waals surface area contributed by atoms with Crippen LogP contribution in [0.4, 0.5) is 0 Å². The number of pyridine rings is 1. The summed E-state index contributed by atoms with van der Waals surface area (Å²) in [6.07, 6.45) is 4.98. The summed E-state index contributed by atoms with van der Waals surface area (Å²) in [7, 11) is 4.71. The number of H-pyrrole nitrogens is 1. The summed E-state index contributed by atoms with van der Waals surface area (Å²) >= 11 is 5.28. The lowest BCUT2D eigenvalue weighted by Crippen LogP contribution is -1.99. The van der Waals surface area contributed by atoms with E-state index in [1.165, 1.54) is 4.68 Å². The molecule has 3 aromatic rings. The lowest BCUT2D eigenvalue weighted by molar-refractivity contribution is 0.349. The van der Waals surface area contributed by atoms with E-state index in [2.05, 4.69) is 20.3 Å². The minimum atomic E-state index is 0.368. The van der Waals surface area contributed by atoms with Crippen LogP contribution in [0.1, 0.15) is 5.56 Å². The van der Waals surface area contributed by atoms with E-state index in [0.29, 0.717) is 33.4 Å². The van der Waals surface area contributed by atoms with E-state index in [1.807, 2.05) is 12.1 Å². The van der Waals surface area contributed by atoms with E-state index in [4.69, 9.17) is 26.4 Å². The van der Waals surface area contributed by atoms with Gasteiger partial charge in [0.15, 0.2) is 17.3 Å². The number of ether oxygens (including phenoxy) is 3. The minimum absolute atomic E-state index is 0.368. The number of nitrogens with one attached hydrogen (secondary N) is 1. The number of nitrogens with zero attached hydrogens (tertiary/aromatic N) is 4. The molecule has 0 radical (unpaired) electrons. The highest BCUT2D eigenvalue weighted by atomic mass is 32.1. The molecule has 134 valence electrons. The van der Waals surface area contributed by atoms with Gasteiger partial charge in [-0.05, 0) is 30.4 Å². The molecule has 1 N–H and O–H groups in total. The van der Waals surface area contributed by atoms with E-state index in [9.17, 15) is 0 Å². The molecule has 0 atom stereocenters. The molecule has 3 rings (SSSR count). The summed E-state index contributed by atoms with van der Waals surface area (Å²) in [5.41, 5.74) is 1.54. The second-order valence-electron chi connectivity index (χ2n) is 5.09. The molecule has 0 unspecified atom stereocenters. The van der Waals surface area contributed by atoms with Gasteiger partial charge in [-0.3, -0.25) is 4.98 Å². The smallest absolute Gasteiger partial charge is 0.216 e. The predicted octanol–water partition coefficient (Wildman–Crippen LogP) is 2.91. The van der Waals surface area contributed by atoms with E-state index >= 15 is 0 Å². The fourth-order valence-electron chi connectivity index (χ4n) is 2.36. The molecule has 2 heterocycles. The van der Waals surface area contributed by atoms with Gasteiger partial charge in [0.1, 0.15) is 5.75 Å². The van der Waals surface area contributed by atoms with Gasteiger partial charge in [0.2, 0.25) is 4.77 Å². The second kappa shape index (κ2) is 7.79. The van der Waals surface area contributed by atoms with Crippen molar-refractivity contribution in [3.05, 3.63) is 47.0 Å². The third kappa shape index (κ3) is 3.42. The van der Waals surface area contributed by atoms with Crippen molar-refractivity contribution in [1.29, 1.82) is 0 Å². The third-order valence-corrected chi connectivity index (χ3v) is 3.90. The van der Waals surface area contributed by atoms with Gasteiger partial charge in [-0.1, -0.05) is 0 Å². The highest BCUT2D eigenvalue weighted by Gasteiger charge is 2.12. The molecule has 0 aliphatic carbocycles. The Bertz CT molecular complexity index is 982. The minimum Gasteiger partial charge on any atom is -0.496 e. The number of aromatic amines is 1. The molecular weight excluding hydrogens is 354 g/mol. The summed E-state index contributed by atoms with van der Waals surface area (Å²) in [4.78, 5) is 4.01. The molecule has 26 heavy (non-hydrogen) atoms. The number of aromatic nitrogens is 4. The first-order chi connectivity index (χ1) is 12.7. The normalized spacial score (nSPS) is 10.9. The van der Waals surface area contributed by atoms with E-state index in [0.717, 1.165) is 5.56 Å². The summed E-state index contributed by atoms with van der Waals surface area (Å²) in [5.74, 6) is 2.30. The highest BCUT2D eigenvalue weighted by molar-refractivity contribution is 7.71. The topological polar surface area (TPSA) is 86.5 Å². The zero-order chi connectivity index (χ0) is 18.5. The second-order valence-corrected chi connectivity index (χ2v) is 5.48. The Morgan fingerprint density at radius 3 is 2.35 bits per heavy atom. The molecule has 9 heteroatoms. The van der Waals surface area contributed by atoms with Gasteiger partial charge >= 0.3 is 0 Å². The zero-order valence-corrected chi connectivity index (χ0v) is 15.3. The van der Waals surface area contributed by atoms with Crippen LogP contribution in [-0.4, -0.2) is 47.4 Å². The van der Waals surface area contributed by atoms with Crippen LogP contribution in [0.15, 0.2) is 41.8 Å². The van der Waals surface area contributed by atoms with Crippen molar-refractivity contribution in [2.75, 3.05) is 21.3 Å². The number of methoxy groups -OCH3 is 3. The largest absolute Gasteiger partial charge is 0.496 e. The Morgan fingerprint density at radius 1 is 1.04 bits per heavy atom. The molecular formula is C17H17N5O3S. The van der Waals surface area contributed by atoms with Crippen molar-refractivity contribution in [1.82, 2.24) is 19.9 Å². The maximum atomic E-state index is 5.41. The van der Waals surface area contributed by atoms with Crippen molar-refractivity contribution in [3.8, 4) is 28.6 Å². The van der Waals surface area contributed by atoms with Crippen LogP contribution in [0.2, 0.25) is 0 Å². The van der Waals surface area contributed by atoms with Gasteiger partial charge in [0.25, 0.3) is 0 Å². The van der Waals surface area contributed by atoms with Crippen LogP contribution in [0, 0.1) is 4.77 Å². The van der Waals surface area contributed by atoms with Gasteiger partial charge in [-0.2, -0.15) is 14.9 Å². The molecule has 2 aromatic heterocycles. The van der Waals surface area contributed by atoms with Gasteiger partial charge in [0, 0.05) is 29.6 Å². The summed E-state index contributed by atoms with van der Waals surface area (Å²) in [6.45, 7) is 0. The highest BCUT2D eigenvalue weighted by Crippen LogP contribution is 2.33. The first-order valence-corrected chi connectivity index (χ1v) is 8.01. The SMILES string of the molecule is COc1cc(OC)c(OC)cc1/C=N/n1c(-c2ccncc2)n[nH]c1=S. The number of rotatable bonds is 6. The summed E-state index contributed by atoms with van der Waals surface area (Å²) < 4.78 is 17.9. The summed E-state index contributed by atoms with van der Waals surface area (Å²) in [6, 6.07) is 7.16. The van der Waals surface area contributed by atoms with Crippen LogP contribution in [0.3, 0.4) is 0 Å². The Balaban J connectivity index is 2.04. The number of benzene rings is 1. The number of hydrogen-bond donors (Lipinski definition) is 1. The maximum absolute atomic E-state index is 5.41. The summed E-state index contributed by atoms with van der Waals surface area (Å²) in [5, 5.41) is 11.4. The van der Waals surface area contributed by atoms with Crippen LogP contribution < -0.4 is 14.2 Å². The van der Waals surface area contributed by atoms with Crippen LogP contribution >= 0.6 is 12.2 Å². The van der Waals surface area contributed by atoms with Crippen molar-refractivity contribution < 1.29 is 14.2 Å². The molecule has 0 saturated carbocycles. The molecule has 0 saturated heterocycles. The first kappa shape index (κ1) is 17.6.